The fourth-order valence-corrected chi connectivity index (χ4v) is 4.49. The first-order chi connectivity index (χ1) is 9.56. The second-order valence-corrected chi connectivity index (χ2v) is 7.34. The predicted octanol–water partition coefficient (Wildman–Crippen LogP) is 1.83. The van der Waals surface area contributed by atoms with Crippen LogP contribution in [0.4, 0.5) is 0 Å². The van der Waals surface area contributed by atoms with Crippen LogP contribution in [-0.4, -0.2) is 21.1 Å². The van der Waals surface area contributed by atoms with Crippen molar-refractivity contribution in [2.24, 2.45) is 5.73 Å². The zero-order chi connectivity index (χ0) is 14.3. The number of fused-ring (bicyclic) bond motifs is 3. The maximum atomic E-state index is 12.3. The van der Waals surface area contributed by atoms with E-state index in [-0.39, 0.29) is 5.56 Å². The molecular weight excluding hydrogens is 294 g/mol. The Labute approximate surface area is 124 Å². The second kappa shape index (κ2) is 5.21. The van der Waals surface area contributed by atoms with Crippen LogP contribution in [-0.2, 0) is 17.6 Å². The summed E-state index contributed by atoms with van der Waals surface area (Å²) in [5, 5.41) is 0.790. The van der Waals surface area contributed by atoms with Gasteiger partial charge in [0.2, 0.25) is 5.91 Å². The zero-order valence-corrected chi connectivity index (χ0v) is 12.7. The van der Waals surface area contributed by atoms with Crippen molar-refractivity contribution in [3.63, 3.8) is 0 Å². The average Bonchev–Trinajstić information content (AvgIpc) is 2.76. The lowest BCUT2D eigenvalue weighted by Crippen LogP contribution is -2.23. The molecule has 7 heteroatoms. The summed E-state index contributed by atoms with van der Waals surface area (Å²) < 4.78 is 0. The molecule has 3 rings (SSSR count). The monoisotopic (exact) mass is 309 g/mol. The van der Waals surface area contributed by atoms with Crippen molar-refractivity contribution in [1.82, 2.24) is 9.97 Å². The van der Waals surface area contributed by atoms with E-state index >= 15 is 0 Å². The van der Waals surface area contributed by atoms with E-state index in [1.807, 2.05) is 0 Å². The third-order valence-electron chi connectivity index (χ3n) is 3.49. The maximum Gasteiger partial charge on any atom is 0.260 e. The number of H-pyrrole nitrogens is 1. The zero-order valence-electron chi connectivity index (χ0n) is 11.1. The van der Waals surface area contributed by atoms with Gasteiger partial charge in [-0.2, -0.15) is 0 Å². The number of nitrogens with zero attached hydrogens (tertiary/aromatic N) is 1. The number of hydrogen-bond acceptors (Lipinski definition) is 5. The summed E-state index contributed by atoms with van der Waals surface area (Å²) in [4.78, 5) is 32.7. The van der Waals surface area contributed by atoms with Gasteiger partial charge in [-0.05, 0) is 38.2 Å². The quantitative estimate of drug-likeness (QED) is 0.668. The van der Waals surface area contributed by atoms with Gasteiger partial charge in [0.1, 0.15) is 4.83 Å². The van der Waals surface area contributed by atoms with Gasteiger partial charge in [-0.1, -0.05) is 11.8 Å². The molecule has 2 aromatic rings. The van der Waals surface area contributed by atoms with E-state index in [1.165, 1.54) is 28.6 Å². The Hall–Kier alpha value is -1.34. The Bertz CT molecular complexity index is 735. The van der Waals surface area contributed by atoms with Crippen LogP contribution in [0.3, 0.4) is 0 Å². The Balaban J connectivity index is 2.06. The molecule has 0 aromatic carbocycles. The van der Waals surface area contributed by atoms with Crippen molar-refractivity contribution in [3.8, 4) is 0 Å². The number of nitrogens with two attached hydrogens (primary N) is 1. The number of primary amides is 1. The first-order valence-electron chi connectivity index (χ1n) is 6.57. The first-order valence-corrected chi connectivity index (χ1v) is 8.26. The Kier molecular flexibility index (Phi) is 3.55. The molecule has 0 radical (unpaired) electrons. The van der Waals surface area contributed by atoms with Crippen LogP contribution in [0.2, 0.25) is 0 Å². The third kappa shape index (κ3) is 2.35. The second-order valence-electron chi connectivity index (χ2n) is 4.92. The minimum absolute atomic E-state index is 0.103. The van der Waals surface area contributed by atoms with E-state index in [9.17, 15) is 9.59 Å². The Morgan fingerprint density at radius 2 is 2.20 bits per heavy atom. The van der Waals surface area contributed by atoms with E-state index < -0.39 is 11.2 Å². The van der Waals surface area contributed by atoms with Gasteiger partial charge in [-0.15, -0.1) is 11.3 Å². The van der Waals surface area contributed by atoms with Crippen molar-refractivity contribution in [1.29, 1.82) is 0 Å². The highest BCUT2D eigenvalue weighted by Crippen LogP contribution is 2.34. The molecule has 0 aliphatic heterocycles. The number of thioether (sulfide) groups is 1. The predicted molar refractivity (Wildman–Crippen MR) is 81.4 cm³/mol. The third-order valence-corrected chi connectivity index (χ3v) is 5.68. The molecule has 2 heterocycles. The number of nitrogens with one attached hydrogen (secondary N) is 1. The van der Waals surface area contributed by atoms with Crippen molar-refractivity contribution in [2.45, 2.75) is 43.0 Å². The lowest BCUT2D eigenvalue weighted by atomic mass is 9.97. The standard InChI is InChI=1S/C13H15N3O2S2/c1-6(10(14)17)19-13-15-11(18)9-7-4-2-3-5-8(7)20-12(9)16-13/h6H,2-5H2,1H3,(H2,14,17)(H,15,16,18)/t6-/m1/s1. The summed E-state index contributed by atoms with van der Waals surface area (Å²) in [7, 11) is 0. The number of amides is 1. The van der Waals surface area contributed by atoms with Gasteiger partial charge in [0.25, 0.3) is 5.56 Å². The highest BCUT2D eigenvalue weighted by atomic mass is 32.2. The average molecular weight is 309 g/mol. The van der Waals surface area contributed by atoms with Crippen LogP contribution in [0.15, 0.2) is 9.95 Å². The Morgan fingerprint density at radius 1 is 1.45 bits per heavy atom. The number of rotatable bonds is 3. The molecule has 0 spiro atoms. The van der Waals surface area contributed by atoms with Gasteiger partial charge in [0.05, 0.1) is 10.6 Å². The van der Waals surface area contributed by atoms with Crippen molar-refractivity contribution >= 4 is 39.2 Å². The molecule has 1 aliphatic carbocycles. The maximum absolute atomic E-state index is 12.3. The SMILES string of the molecule is C[C@@H](Sc1nc2sc3c(c2c(=O)[nH]1)CCCC3)C(N)=O. The van der Waals surface area contributed by atoms with Crippen LogP contribution < -0.4 is 11.3 Å². The fourth-order valence-electron chi connectivity index (χ4n) is 2.43. The summed E-state index contributed by atoms with van der Waals surface area (Å²) in [6, 6.07) is 0. The summed E-state index contributed by atoms with van der Waals surface area (Å²) >= 11 is 2.79. The van der Waals surface area contributed by atoms with E-state index in [1.54, 1.807) is 18.3 Å². The molecule has 0 fully saturated rings. The van der Waals surface area contributed by atoms with Crippen LogP contribution in [0.25, 0.3) is 10.2 Å². The lowest BCUT2D eigenvalue weighted by Gasteiger charge is -2.09. The number of carbonyl (C=O) groups excluding carboxylic acids is 1. The lowest BCUT2D eigenvalue weighted by molar-refractivity contribution is -0.117. The van der Waals surface area contributed by atoms with Crippen molar-refractivity contribution < 1.29 is 4.79 Å². The van der Waals surface area contributed by atoms with Crippen LogP contribution in [0.1, 0.15) is 30.2 Å². The van der Waals surface area contributed by atoms with Gasteiger partial charge < -0.3 is 10.7 Å². The smallest absolute Gasteiger partial charge is 0.260 e. The van der Waals surface area contributed by atoms with Gasteiger partial charge in [-0.25, -0.2) is 4.98 Å². The number of carbonyl (C=O) groups is 1. The van der Waals surface area contributed by atoms with E-state index in [2.05, 4.69) is 9.97 Å². The summed E-state index contributed by atoms with van der Waals surface area (Å²) in [5.41, 5.74) is 6.30. The molecule has 1 atom stereocenters. The highest BCUT2D eigenvalue weighted by Gasteiger charge is 2.20. The summed E-state index contributed by atoms with van der Waals surface area (Å²) in [6.45, 7) is 1.70. The van der Waals surface area contributed by atoms with E-state index in [4.69, 9.17) is 5.73 Å². The molecule has 20 heavy (non-hydrogen) atoms. The number of thiophene rings is 1. The molecule has 3 N–H and O–H groups in total. The fraction of sp³-hybridized carbons (Fsp3) is 0.462. The molecule has 5 nitrogen and oxygen atoms in total. The molecular formula is C13H15N3O2S2. The molecule has 1 amide bonds. The first kappa shape index (κ1) is 13.6. The topological polar surface area (TPSA) is 88.8 Å². The van der Waals surface area contributed by atoms with Gasteiger partial charge in [-0.3, -0.25) is 9.59 Å². The summed E-state index contributed by atoms with van der Waals surface area (Å²) in [6.07, 6.45) is 4.31. The largest absolute Gasteiger partial charge is 0.369 e. The molecule has 0 bridgehead atoms. The molecule has 0 saturated heterocycles. The number of aromatic nitrogens is 2. The number of aryl methyl sites for hydroxylation is 2. The van der Waals surface area contributed by atoms with Gasteiger partial charge in [0.15, 0.2) is 5.16 Å². The van der Waals surface area contributed by atoms with Crippen LogP contribution >= 0.6 is 23.1 Å². The van der Waals surface area contributed by atoms with Gasteiger partial charge in [0, 0.05) is 4.88 Å². The highest BCUT2D eigenvalue weighted by molar-refractivity contribution is 8.00. The Morgan fingerprint density at radius 3 is 2.95 bits per heavy atom. The minimum Gasteiger partial charge on any atom is -0.369 e. The molecule has 0 saturated carbocycles. The van der Waals surface area contributed by atoms with Crippen LogP contribution in [0, 0.1) is 0 Å². The number of hydrogen-bond donors (Lipinski definition) is 2. The normalized spacial score (nSPS) is 16.1. The van der Waals surface area contributed by atoms with Crippen molar-refractivity contribution in [2.75, 3.05) is 0 Å². The van der Waals surface area contributed by atoms with Gasteiger partial charge >= 0.3 is 0 Å². The minimum atomic E-state index is -0.414. The van der Waals surface area contributed by atoms with Crippen molar-refractivity contribution in [3.05, 3.63) is 20.8 Å². The van der Waals surface area contributed by atoms with Crippen LogP contribution in [0.5, 0.6) is 0 Å². The molecule has 1 aliphatic rings. The molecule has 2 aromatic heterocycles. The summed E-state index contributed by atoms with van der Waals surface area (Å²) in [5.74, 6) is -0.414. The van der Waals surface area contributed by atoms with E-state index in [0.29, 0.717) is 5.16 Å². The molecule has 0 unspecified atom stereocenters. The molecule has 106 valence electrons. The van der Waals surface area contributed by atoms with E-state index in [0.717, 1.165) is 29.5 Å². The number of aromatic amines is 1.